The first kappa shape index (κ1) is 25.2. The van der Waals surface area contributed by atoms with Crippen molar-refractivity contribution < 1.29 is 14.1 Å². The summed E-state index contributed by atoms with van der Waals surface area (Å²) in [6.07, 6.45) is 10.0. The summed E-state index contributed by atoms with van der Waals surface area (Å²) in [5, 5.41) is 7.70. The summed E-state index contributed by atoms with van der Waals surface area (Å²) in [4.78, 5) is 33.2. The Bertz CT molecular complexity index is 1330. The molecular formula is C26H29N9O3. The Labute approximate surface area is 219 Å². The minimum Gasteiger partial charge on any atom is -0.471 e. The Balaban J connectivity index is 0.000000689. The van der Waals surface area contributed by atoms with Crippen molar-refractivity contribution in [2.45, 2.75) is 24.7 Å². The molecule has 4 aromatic rings. The van der Waals surface area contributed by atoms with Crippen LogP contribution in [-0.4, -0.2) is 69.8 Å². The topological polar surface area (TPSA) is 158 Å². The van der Waals surface area contributed by atoms with Crippen LogP contribution in [0.4, 0.5) is 11.8 Å². The molecule has 38 heavy (non-hydrogen) atoms. The van der Waals surface area contributed by atoms with Crippen molar-refractivity contribution in [1.82, 2.24) is 35.4 Å². The second-order valence-electron chi connectivity index (χ2n) is 9.09. The number of anilines is 2. The van der Waals surface area contributed by atoms with Gasteiger partial charge in [0.1, 0.15) is 11.5 Å². The molecule has 1 aromatic carbocycles. The lowest BCUT2D eigenvalue weighted by atomic mass is 9.64. The van der Waals surface area contributed by atoms with E-state index in [1.54, 1.807) is 24.8 Å². The Kier molecular flexibility index (Phi) is 7.50. The maximum absolute atomic E-state index is 8.95. The minimum atomic E-state index is -0.244. The van der Waals surface area contributed by atoms with Crippen molar-refractivity contribution in [2.75, 3.05) is 43.9 Å². The number of piperazine rings is 1. The third kappa shape index (κ3) is 5.16. The zero-order chi connectivity index (χ0) is 26.4. The first-order valence-electron chi connectivity index (χ1n) is 12.4. The van der Waals surface area contributed by atoms with Crippen LogP contribution in [0.25, 0.3) is 22.7 Å². The number of hydrogen-bond acceptors (Lipinski definition) is 12. The molecule has 12 heteroatoms. The predicted molar refractivity (Wildman–Crippen MR) is 140 cm³/mol. The number of nitrogens with two attached hydrogens (primary N) is 1. The van der Waals surface area contributed by atoms with Gasteiger partial charge in [0.05, 0.1) is 24.9 Å². The fourth-order valence-electron chi connectivity index (χ4n) is 4.65. The zero-order valence-corrected chi connectivity index (χ0v) is 21.1. The van der Waals surface area contributed by atoms with E-state index in [1.165, 1.54) is 12.7 Å². The lowest BCUT2D eigenvalue weighted by Gasteiger charge is -2.39. The summed E-state index contributed by atoms with van der Waals surface area (Å²) in [6, 6.07) is 8.41. The van der Waals surface area contributed by atoms with Crippen LogP contribution >= 0.6 is 0 Å². The van der Waals surface area contributed by atoms with Crippen LogP contribution in [0.3, 0.4) is 0 Å². The van der Waals surface area contributed by atoms with Crippen LogP contribution in [0, 0.1) is 0 Å². The lowest BCUT2D eigenvalue weighted by Crippen LogP contribution is -2.43. The number of benzene rings is 1. The standard InChI is InChI=1S/C24H25N9O.C2H4O2/c25-23-29-12-17(13-30-23)16-2-4-18(5-3-16)24(6-1-7-24)22-31-21(34-32-22)19-14-28-20(15-27-19)33-10-8-26-9-11-33;1-4-2-3/h2-5,12-15,26H,1,6-11H2,(H2,25,29,30);2H,1H3. The first-order valence-corrected chi connectivity index (χ1v) is 12.4. The molecule has 0 atom stereocenters. The van der Waals surface area contributed by atoms with Crippen LogP contribution < -0.4 is 16.0 Å². The molecular weight excluding hydrogens is 486 g/mol. The fraction of sp³-hybridized carbons (Fsp3) is 0.346. The number of nitrogens with one attached hydrogen (secondary N) is 1. The third-order valence-electron chi connectivity index (χ3n) is 6.90. The van der Waals surface area contributed by atoms with E-state index in [1.807, 2.05) is 0 Å². The van der Waals surface area contributed by atoms with Crippen molar-refractivity contribution in [3.63, 3.8) is 0 Å². The Morgan fingerprint density at radius 2 is 1.71 bits per heavy atom. The Morgan fingerprint density at radius 1 is 1.00 bits per heavy atom. The van der Waals surface area contributed by atoms with Crippen LogP contribution in [0.15, 0.2) is 53.6 Å². The average molecular weight is 516 g/mol. The van der Waals surface area contributed by atoms with Gasteiger partial charge in [-0.25, -0.2) is 19.9 Å². The van der Waals surface area contributed by atoms with E-state index in [-0.39, 0.29) is 11.4 Å². The van der Waals surface area contributed by atoms with E-state index < -0.39 is 0 Å². The first-order chi connectivity index (χ1) is 18.6. The van der Waals surface area contributed by atoms with Gasteiger partial charge in [-0.1, -0.05) is 35.8 Å². The molecule has 2 aliphatic rings. The van der Waals surface area contributed by atoms with Gasteiger partial charge in [-0.15, -0.1) is 0 Å². The second kappa shape index (κ2) is 11.3. The largest absolute Gasteiger partial charge is 0.471 e. The molecule has 1 aliphatic heterocycles. The number of carbonyl (C=O) groups excluding carboxylic acids is 1. The van der Waals surface area contributed by atoms with Gasteiger partial charge in [-0.05, 0) is 24.0 Å². The van der Waals surface area contributed by atoms with E-state index in [0.29, 0.717) is 23.9 Å². The number of methoxy groups -OCH3 is 1. The third-order valence-corrected chi connectivity index (χ3v) is 6.90. The number of ether oxygens (including phenoxy) is 1. The summed E-state index contributed by atoms with van der Waals surface area (Å²) < 4.78 is 9.49. The second-order valence-corrected chi connectivity index (χ2v) is 9.09. The molecule has 0 radical (unpaired) electrons. The number of carbonyl (C=O) groups is 1. The number of rotatable bonds is 6. The van der Waals surface area contributed by atoms with E-state index in [2.05, 4.69) is 64.3 Å². The van der Waals surface area contributed by atoms with Crippen molar-refractivity contribution in [3.05, 3.63) is 60.4 Å². The summed E-state index contributed by atoms with van der Waals surface area (Å²) in [6.45, 7) is 4.12. The number of aromatic nitrogens is 6. The highest BCUT2D eigenvalue weighted by Crippen LogP contribution is 2.48. The molecule has 6 rings (SSSR count). The molecule has 0 bridgehead atoms. The van der Waals surface area contributed by atoms with Crippen molar-refractivity contribution in [3.8, 4) is 22.7 Å². The molecule has 0 unspecified atom stereocenters. The molecule has 0 amide bonds. The number of nitrogens with zero attached hydrogens (tertiary/aromatic N) is 7. The van der Waals surface area contributed by atoms with Gasteiger partial charge in [0.25, 0.3) is 12.4 Å². The smallest absolute Gasteiger partial charge is 0.292 e. The average Bonchev–Trinajstić information content (AvgIpc) is 3.44. The van der Waals surface area contributed by atoms with Crippen molar-refractivity contribution in [1.29, 1.82) is 0 Å². The fourth-order valence-corrected chi connectivity index (χ4v) is 4.65. The van der Waals surface area contributed by atoms with Crippen LogP contribution in [0.2, 0.25) is 0 Å². The minimum absolute atomic E-state index is 0.244. The van der Waals surface area contributed by atoms with Crippen molar-refractivity contribution in [2.24, 2.45) is 0 Å². The lowest BCUT2D eigenvalue weighted by molar-refractivity contribution is -0.126. The summed E-state index contributed by atoms with van der Waals surface area (Å²) in [5.74, 6) is 2.23. The maximum Gasteiger partial charge on any atom is 0.292 e. The maximum atomic E-state index is 8.95. The van der Waals surface area contributed by atoms with Gasteiger partial charge in [0, 0.05) is 44.1 Å². The Hall–Kier alpha value is -4.45. The van der Waals surface area contributed by atoms with Crippen LogP contribution in [0.1, 0.15) is 30.7 Å². The van der Waals surface area contributed by atoms with Crippen LogP contribution in [0.5, 0.6) is 0 Å². The van der Waals surface area contributed by atoms with Gasteiger partial charge in [-0.2, -0.15) is 4.98 Å². The molecule has 3 N–H and O–H groups in total. The zero-order valence-electron chi connectivity index (χ0n) is 21.1. The van der Waals surface area contributed by atoms with Gasteiger partial charge in [0.15, 0.2) is 5.82 Å². The van der Waals surface area contributed by atoms with E-state index in [0.717, 1.165) is 62.4 Å². The molecule has 12 nitrogen and oxygen atoms in total. The molecule has 4 heterocycles. The SMILES string of the molecule is COC=O.Nc1ncc(-c2ccc(C3(c4noc(-c5cnc(N6CCNCC6)cn5)n4)CCC3)cc2)cn1. The highest BCUT2D eigenvalue weighted by molar-refractivity contribution is 5.63. The highest BCUT2D eigenvalue weighted by Gasteiger charge is 2.44. The Morgan fingerprint density at radius 3 is 2.29 bits per heavy atom. The van der Waals surface area contributed by atoms with Gasteiger partial charge in [-0.3, -0.25) is 4.79 Å². The van der Waals surface area contributed by atoms with Gasteiger partial charge < -0.3 is 25.2 Å². The quantitative estimate of drug-likeness (QED) is 0.361. The van der Waals surface area contributed by atoms with Crippen LogP contribution in [-0.2, 0) is 14.9 Å². The molecule has 196 valence electrons. The van der Waals surface area contributed by atoms with E-state index in [4.69, 9.17) is 20.0 Å². The molecule has 2 fully saturated rings. The molecule has 3 aromatic heterocycles. The molecule has 0 spiro atoms. The number of hydrogen-bond donors (Lipinski definition) is 2. The number of nitrogen functional groups attached to an aromatic ring is 1. The molecule has 1 saturated carbocycles. The summed E-state index contributed by atoms with van der Waals surface area (Å²) in [5.41, 5.74) is 9.08. The van der Waals surface area contributed by atoms with E-state index >= 15 is 0 Å². The normalized spacial score (nSPS) is 16.1. The molecule has 1 aliphatic carbocycles. The van der Waals surface area contributed by atoms with Crippen molar-refractivity contribution >= 4 is 18.2 Å². The monoisotopic (exact) mass is 515 g/mol. The summed E-state index contributed by atoms with van der Waals surface area (Å²) in [7, 11) is 1.31. The van der Waals surface area contributed by atoms with E-state index in [9.17, 15) is 0 Å². The predicted octanol–water partition coefficient (Wildman–Crippen LogP) is 2.23. The van der Waals surface area contributed by atoms with Gasteiger partial charge in [0.2, 0.25) is 5.95 Å². The highest BCUT2D eigenvalue weighted by atomic mass is 16.5. The summed E-state index contributed by atoms with van der Waals surface area (Å²) >= 11 is 0. The van der Waals surface area contributed by atoms with Gasteiger partial charge >= 0.3 is 0 Å². The molecule has 1 saturated heterocycles.